The van der Waals surface area contributed by atoms with Gasteiger partial charge in [0.2, 0.25) is 0 Å². The minimum absolute atomic E-state index is 0.436. The first-order chi connectivity index (χ1) is 7.17. The Bertz CT molecular complexity index is 342. The van der Waals surface area contributed by atoms with Gasteiger partial charge in [0, 0.05) is 5.56 Å². The van der Waals surface area contributed by atoms with Crippen LogP contribution in [-0.2, 0) is 9.53 Å². The molecule has 0 N–H and O–H groups in total. The molecule has 0 amide bonds. The molecule has 1 unspecified atom stereocenters. The van der Waals surface area contributed by atoms with E-state index in [0.717, 1.165) is 6.29 Å². The van der Waals surface area contributed by atoms with Gasteiger partial charge in [-0.05, 0) is 31.2 Å². The van der Waals surface area contributed by atoms with E-state index in [1.54, 1.807) is 31.2 Å². The van der Waals surface area contributed by atoms with Gasteiger partial charge in [-0.2, -0.15) is 0 Å². The number of benzene rings is 1. The molecule has 0 aliphatic rings. The van der Waals surface area contributed by atoms with Crippen molar-refractivity contribution < 1.29 is 19.1 Å². The van der Waals surface area contributed by atoms with Crippen LogP contribution in [0.5, 0.6) is 5.75 Å². The number of methoxy groups -OCH3 is 1. The molecular formula is C11H12O4. The highest BCUT2D eigenvalue weighted by Crippen LogP contribution is 2.13. The summed E-state index contributed by atoms with van der Waals surface area (Å²) in [6.07, 6.45) is 0.0881. The Balaban J connectivity index is 2.64. The van der Waals surface area contributed by atoms with Crippen LogP contribution in [0.15, 0.2) is 24.3 Å². The first kappa shape index (κ1) is 11.2. The molecule has 1 atom stereocenters. The first-order valence-corrected chi connectivity index (χ1v) is 4.47. The molecule has 0 fully saturated rings. The molecule has 80 valence electrons. The van der Waals surface area contributed by atoms with Crippen LogP contribution in [0.1, 0.15) is 17.3 Å². The molecule has 1 aromatic rings. The predicted octanol–water partition coefficient (Wildman–Crippen LogP) is 1.44. The zero-order valence-corrected chi connectivity index (χ0v) is 8.60. The van der Waals surface area contributed by atoms with E-state index in [2.05, 4.69) is 4.74 Å². The van der Waals surface area contributed by atoms with Crippen LogP contribution in [0.3, 0.4) is 0 Å². The van der Waals surface area contributed by atoms with Gasteiger partial charge < -0.3 is 9.47 Å². The van der Waals surface area contributed by atoms with E-state index < -0.39 is 12.1 Å². The molecule has 0 saturated carbocycles. The molecule has 1 rings (SSSR count). The standard InChI is InChI=1S/C11H12O4/c1-8(11(13)14-2)15-10-5-3-9(7-12)4-6-10/h3-8H,1-2H3. The molecule has 0 heterocycles. The first-order valence-electron chi connectivity index (χ1n) is 4.47. The fraction of sp³-hybridized carbons (Fsp3) is 0.273. The zero-order chi connectivity index (χ0) is 11.3. The van der Waals surface area contributed by atoms with Crippen molar-refractivity contribution in [3.63, 3.8) is 0 Å². The van der Waals surface area contributed by atoms with Gasteiger partial charge >= 0.3 is 5.97 Å². The van der Waals surface area contributed by atoms with Crippen LogP contribution in [0.2, 0.25) is 0 Å². The van der Waals surface area contributed by atoms with Crippen LogP contribution in [0.25, 0.3) is 0 Å². The van der Waals surface area contributed by atoms with E-state index in [-0.39, 0.29) is 0 Å². The molecule has 15 heavy (non-hydrogen) atoms. The van der Waals surface area contributed by atoms with E-state index in [1.807, 2.05) is 0 Å². The predicted molar refractivity (Wildman–Crippen MR) is 53.9 cm³/mol. The third-order valence-corrected chi connectivity index (χ3v) is 1.86. The molecular weight excluding hydrogens is 196 g/mol. The summed E-state index contributed by atoms with van der Waals surface area (Å²) in [5, 5.41) is 0. The third-order valence-electron chi connectivity index (χ3n) is 1.86. The summed E-state index contributed by atoms with van der Waals surface area (Å²) in [5.74, 6) is 0.0907. The minimum atomic E-state index is -0.655. The van der Waals surface area contributed by atoms with Crippen molar-refractivity contribution in [3.8, 4) is 5.75 Å². The molecule has 1 aromatic carbocycles. The van der Waals surface area contributed by atoms with Crippen LogP contribution >= 0.6 is 0 Å². The summed E-state index contributed by atoms with van der Waals surface area (Å²) in [6.45, 7) is 1.60. The summed E-state index contributed by atoms with van der Waals surface area (Å²) in [5.41, 5.74) is 0.563. The van der Waals surface area contributed by atoms with E-state index in [9.17, 15) is 9.59 Å². The molecule has 0 bridgehead atoms. The lowest BCUT2D eigenvalue weighted by Crippen LogP contribution is -2.24. The highest BCUT2D eigenvalue weighted by Gasteiger charge is 2.14. The number of carbonyl (C=O) groups excluding carboxylic acids is 2. The van der Waals surface area contributed by atoms with Gasteiger partial charge in [-0.15, -0.1) is 0 Å². The summed E-state index contributed by atoms with van der Waals surface area (Å²) >= 11 is 0. The molecule has 0 saturated heterocycles. The fourth-order valence-electron chi connectivity index (χ4n) is 1.04. The molecule has 4 heteroatoms. The monoisotopic (exact) mass is 208 g/mol. The number of carbonyl (C=O) groups is 2. The van der Waals surface area contributed by atoms with Crippen LogP contribution in [-0.4, -0.2) is 25.5 Å². The molecule has 0 spiro atoms. The molecule has 0 radical (unpaired) electrons. The molecule has 4 nitrogen and oxygen atoms in total. The highest BCUT2D eigenvalue weighted by molar-refractivity contribution is 5.75. The Morgan fingerprint density at radius 2 is 1.93 bits per heavy atom. The summed E-state index contributed by atoms with van der Waals surface area (Å²) in [6, 6.07) is 6.49. The topological polar surface area (TPSA) is 52.6 Å². The van der Waals surface area contributed by atoms with Gasteiger partial charge in [0.15, 0.2) is 6.10 Å². The van der Waals surface area contributed by atoms with E-state index >= 15 is 0 Å². The highest BCUT2D eigenvalue weighted by atomic mass is 16.6. The Labute approximate surface area is 87.8 Å². The van der Waals surface area contributed by atoms with Crippen molar-refractivity contribution in [3.05, 3.63) is 29.8 Å². The van der Waals surface area contributed by atoms with Gasteiger partial charge in [0.25, 0.3) is 0 Å². The Morgan fingerprint density at radius 3 is 2.40 bits per heavy atom. The zero-order valence-electron chi connectivity index (χ0n) is 8.60. The average molecular weight is 208 g/mol. The maximum atomic E-state index is 11.0. The van der Waals surface area contributed by atoms with Crippen molar-refractivity contribution in [1.29, 1.82) is 0 Å². The second-order valence-corrected chi connectivity index (χ2v) is 2.97. The average Bonchev–Trinajstić information content (AvgIpc) is 2.29. The van der Waals surface area contributed by atoms with Gasteiger partial charge in [0.05, 0.1) is 7.11 Å². The van der Waals surface area contributed by atoms with Crippen molar-refractivity contribution in [2.24, 2.45) is 0 Å². The van der Waals surface area contributed by atoms with Crippen molar-refractivity contribution >= 4 is 12.3 Å². The summed E-state index contributed by atoms with van der Waals surface area (Å²) in [4.78, 5) is 21.4. The maximum absolute atomic E-state index is 11.0. The second-order valence-electron chi connectivity index (χ2n) is 2.97. The normalized spacial score (nSPS) is 11.6. The van der Waals surface area contributed by atoms with Crippen LogP contribution in [0, 0.1) is 0 Å². The van der Waals surface area contributed by atoms with E-state index in [1.165, 1.54) is 7.11 Å². The fourth-order valence-corrected chi connectivity index (χ4v) is 1.04. The number of esters is 1. The summed E-state index contributed by atoms with van der Waals surface area (Å²) < 4.78 is 9.79. The largest absolute Gasteiger partial charge is 0.479 e. The van der Waals surface area contributed by atoms with Gasteiger partial charge in [-0.25, -0.2) is 4.79 Å². The van der Waals surface area contributed by atoms with Crippen molar-refractivity contribution in [2.45, 2.75) is 13.0 Å². The van der Waals surface area contributed by atoms with Gasteiger partial charge in [0.1, 0.15) is 12.0 Å². The Morgan fingerprint density at radius 1 is 1.33 bits per heavy atom. The van der Waals surface area contributed by atoms with E-state index in [4.69, 9.17) is 4.74 Å². The quantitative estimate of drug-likeness (QED) is 0.555. The van der Waals surface area contributed by atoms with Crippen LogP contribution < -0.4 is 4.74 Å². The number of hydrogen-bond acceptors (Lipinski definition) is 4. The molecule has 0 aliphatic carbocycles. The van der Waals surface area contributed by atoms with Crippen molar-refractivity contribution in [1.82, 2.24) is 0 Å². The SMILES string of the molecule is COC(=O)C(C)Oc1ccc(C=O)cc1. The maximum Gasteiger partial charge on any atom is 0.346 e. The van der Waals surface area contributed by atoms with Crippen molar-refractivity contribution in [2.75, 3.05) is 7.11 Å². The van der Waals surface area contributed by atoms with E-state index in [0.29, 0.717) is 11.3 Å². The second kappa shape index (κ2) is 5.14. The molecule has 0 aromatic heterocycles. The van der Waals surface area contributed by atoms with Gasteiger partial charge in [-0.3, -0.25) is 4.79 Å². The third kappa shape index (κ3) is 3.09. The van der Waals surface area contributed by atoms with Crippen LogP contribution in [0.4, 0.5) is 0 Å². The number of rotatable bonds is 4. The number of ether oxygens (including phenoxy) is 2. The Hall–Kier alpha value is -1.84. The molecule has 0 aliphatic heterocycles. The Kier molecular flexibility index (Phi) is 3.85. The smallest absolute Gasteiger partial charge is 0.346 e. The number of hydrogen-bond donors (Lipinski definition) is 0. The summed E-state index contributed by atoms with van der Waals surface area (Å²) in [7, 11) is 1.30. The number of aldehydes is 1. The lowest BCUT2D eigenvalue weighted by molar-refractivity contribution is -0.147. The van der Waals surface area contributed by atoms with Gasteiger partial charge in [-0.1, -0.05) is 0 Å². The minimum Gasteiger partial charge on any atom is -0.479 e. The lowest BCUT2D eigenvalue weighted by atomic mass is 10.2. The lowest BCUT2D eigenvalue weighted by Gasteiger charge is -2.11.